The van der Waals surface area contributed by atoms with Crippen LogP contribution in [0.15, 0.2) is 41.3 Å². The summed E-state index contributed by atoms with van der Waals surface area (Å²) in [5.74, 6) is -1.98. The Morgan fingerprint density at radius 1 is 1.00 bits per heavy atom. The number of hydrogen-bond acceptors (Lipinski definition) is 5. The first kappa shape index (κ1) is 26.5. The van der Waals surface area contributed by atoms with Gasteiger partial charge < -0.3 is 4.90 Å². The monoisotopic (exact) mass is 541 g/mol. The predicted octanol–water partition coefficient (Wildman–Crippen LogP) is 3.45. The highest BCUT2D eigenvalue weighted by molar-refractivity contribution is 7.89. The number of rotatable bonds is 4. The van der Waals surface area contributed by atoms with Crippen molar-refractivity contribution < 1.29 is 27.2 Å². The first-order valence-electron chi connectivity index (χ1n) is 12.9. The Balaban J connectivity index is 1.31. The summed E-state index contributed by atoms with van der Waals surface area (Å²) in [5.41, 5.74) is 2.10. The lowest BCUT2D eigenvalue weighted by molar-refractivity contribution is -0.136. The van der Waals surface area contributed by atoms with Crippen molar-refractivity contribution in [3.05, 3.63) is 64.5 Å². The molecule has 0 aromatic heterocycles. The number of benzene rings is 2. The molecule has 38 heavy (non-hydrogen) atoms. The lowest BCUT2D eigenvalue weighted by Crippen LogP contribution is -2.52. The summed E-state index contributed by atoms with van der Waals surface area (Å²) in [5, 5.41) is 2.27. The van der Waals surface area contributed by atoms with E-state index in [1.165, 1.54) is 15.3 Å². The average molecular weight is 542 g/mol. The fourth-order valence-corrected chi connectivity index (χ4v) is 7.12. The molecule has 1 atom stereocenters. The van der Waals surface area contributed by atoms with Gasteiger partial charge in [0, 0.05) is 31.6 Å². The van der Waals surface area contributed by atoms with E-state index in [4.69, 9.17) is 0 Å². The maximum Gasteiger partial charge on any atom is 0.255 e. The van der Waals surface area contributed by atoms with Crippen molar-refractivity contribution >= 4 is 27.7 Å². The van der Waals surface area contributed by atoms with Gasteiger partial charge in [-0.15, -0.1) is 0 Å². The van der Waals surface area contributed by atoms with Crippen molar-refractivity contribution in [2.24, 2.45) is 0 Å². The Kier molecular flexibility index (Phi) is 6.67. The molecular formula is C28H32FN3O5S. The SMILES string of the molecule is CC(C)(C)c1cccc(S(=O)(=O)N2CCC(c3cc4c(cc3F)C(=O)N(C3CCC(=O)NC3=O)C4)CC2)c1. The van der Waals surface area contributed by atoms with Crippen LogP contribution in [0.25, 0.3) is 0 Å². The average Bonchev–Trinajstić information content (AvgIpc) is 3.18. The van der Waals surface area contributed by atoms with Crippen LogP contribution in [0.4, 0.5) is 4.39 Å². The number of nitrogens with zero attached hydrogens (tertiary/aromatic N) is 2. The molecule has 0 bridgehead atoms. The standard InChI is InChI=1S/C28H32FN3O5S/c1-28(2,3)19-5-4-6-20(14-19)38(36,37)31-11-9-17(10-12-31)21-13-18-16-32(27(35)22(18)15-23(21)29)24-7-8-25(33)30-26(24)34/h4-6,13-15,17,24H,7-12,16H2,1-3H3,(H,30,33,34). The largest absolute Gasteiger partial charge is 0.322 e. The lowest BCUT2D eigenvalue weighted by atomic mass is 9.87. The number of carbonyl (C=O) groups excluding carboxylic acids is 3. The van der Waals surface area contributed by atoms with Crippen molar-refractivity contribution in [2.75, 3.05) is 13.1 Å². The second-order valence-corrected chi connectivity index (χ2v) is 13.3. The number of piperidine rings is 2. The Bertz CT molecular complexity index is 1420. The molecule has 3 aliphatic rings. The van der Waals surface area contributed by atoms with Crippen molar-refractivity contribution in [3.8, 4) is 0 Å². The first-order valence-corrected chi connectivity index (χ1v) is 14.4. The van der Waals surface area contributed by atoms with E-state index in [1.54, 1.807) is 24.3 Å². The molecule has 10 heteroatoms. The van der Waals surface area contributed by atoms with Gasteiger partial charge in [-0.05, 0) is 65.5 Å². The summed E-state index contributed by atoms with van der Waals surface area (Å²) in [6.07, 6.45) is 1.31. The smallest absolute Gasteiger partial charge is 0.255 e. The molecule has 0 saturated carbocycles. The number of nitrogens with one attached hydrogen (secondary N) is 1. The highest BCUT2D eigenvalue weighted by atomic mass is 32.2. The van der Waals surface area contributed by atoms with E-state index >= 15 is 4.39 Å². The maximum absolute atomic E-state index is 15.2. The van der Waals surface area contributed by atoms with Crippen molar-refractivity contribution in [3.63, 3.8) is 0 Å². The summed E-state index contributed by atoms with van der Waals surface area (Å²) >= 11 is 0. The molecule has 2 aromatic rings. The van der Waals surface area contributed by atoms with E-state index < -0.39 is 33.7 Å². The van der Waals surface area contributed by atoms with Crippen LogP contribution in [0.5, 0.6) is 0 Å². The molecule has 1 N–H and O–H groups in total. The molecule has 2 aromatic carbocycles. The Morgan fingerprint density at radius 2 is 1.71 bits per heavy atom. The molecule has 5 rings (SSSR count). The molecule has 3 aliphatic heterocycles. The number of imide groups is 1. The molecule has 2 saturated heterocycles. The predicted molar refractivity (Wildman–Crippen MR) is 138 cm³/mol. The number of carbonyl (C=O) groups is 3. The number of halogens is 1. The number of amides is 3. The summed E-state index contributed by atoms with van der Waals surface area (Å²) in [7, 11) is -3.68. The quantitative estimate of drug-likeness (QED) is 0.598. The van der Waals surface area contributed by atoms with Crippen LogP contribution in [0, 0.1) is 5.82 Å². The zero-order valence-electron chi connectivity index (χ0n) is 21.8. The number of sulfonamides is 1. The summed E-state index contributed by atoms with van der Waals surface area (Å²) in [6.45, 7) is 6.81. The molecule has 3 heterocycles. The molecule has 0 radical (unpaired) electrons. The third-order valence-corrected chi connectivity index (χ3v) is 9.77. The third kappa shape index (κ3) is 4.75. The molecular weight excluding hydrogens is 509 g/mol. The van der Waals surface area contributed by atoms with Gasteiger partial charge >= 0.3 is 0 Å². The lowest BCUT2D eigenvalue weighted by Gasteiger charge is -2.32. The van der Waals surface area contributed by atoms with Crippen molar-refractivity contribution in [1.82, 2.24) is 14.5 Å². The molecule has 0 aliphatic carbocycles. The second kappa shape index (κ2) is 9.57. The van der Waals surface area contributed by atoms with Gasteiger partial charge in [-0.3, -0.25) is 19.7 Å². The molecule has 8 nitrogen and oxygen atoms in total. The van der Waals surface area contributed by atoms with Gasteiger partial charge in [0.1, 0.15) is 11.9 Å². The minimum absolute atomic E-state index is 0.151. The fourth-order valence-electron chi connectivity index (χ4n) is 5.60. The van der Waals surface area contributed by atoms with E-state index in [-0.39, 0.29) is 60.2 Å². The van der Waals surface area contributed by atoms with Crippen LogP contribution < -0.4 is 5.32 Å². The zero-order chi connectivity index (χ0) is 27.4. The molecule has 202 valence electrons. The van der Waals surface area contributed by atoms with Crippen LogP contribution in [-0.4, -0.2) is 54.5 Å². The highest BCUT2D eigenvalue weighted by Gasteiger charge is 2.40. The molecule has 0 spiro atoms. The first-order chi connectivity index (χ1) is 17.9. The van der Waals surface area contributed by atoms with Crippen LogP contribution >= 0.6 is 0 Å². The van der Waals surface area contributed by atoms with Gasteiger partial charge in [0.15, 0.2) is 0 Å². The van der Waals surface area contributed by atoms with Gasteiger partial charge in [-0.25, -0.2) is 12.8 Å². The maximum atomic E-state index is 15.2. The minimum atomic E-state index is -3.68. The zero-order valence-corrected chi connectivity index (χ0v) is 22.6. The molecule has 1 unspecified atom stereocenters. The van der Waals surface area contributed by atoms with E-state index in [0.717, 1.165) is 5.56 Å². The Labute approximate surface area is 222 Å². The highest BCUT2D eigenvalue weighted by Crippen LogP contribution is 2.37. The fraction of sp³-hybridized carbons (Fsp3) is 0.464. The number of fused-ring (bicyclic) bond motifs is 1. The van der Waals surface area contributed by atoms with E-state index in [2.05, 4.69) is 5.32 Å². The van der Waals surface area contributed by atoms with Crippen LogP contribution in [0.3, 0.4) is 0 Å². The Hall–Kier alpha value is -3.11. The van der Waals surface area contributed by atoms with E-state index in [0.29, 0.717) is 24.0 Å². The summed E-state index contributed by atoms with van der Waals surface area (Å²) in [4.78, 5) is 38.4. The minimum Gasteiger partial charge on any atom is -0.322 e. The van der Waals surface area contributed by atoms with Gasteiger partial charge in [0.25, 0.3) is 5.91 Å². The van der Waals surface area contributed by atoms with Gasteiger partial charge in [0.05, 0.1) is 4.90 Å². The van der Waals surface area contributed by atoms with Crippen molar-refractivity contribution in [1.29, 1.82) is 0 Å². The summed E-state index contributed by atoms with van der Waals surface area (Å²) < 4.78 is 43.4. The van der Waals surface area contributed by atoms with E-state index in [1.807, 2.05) is 26.8 Å². The van der Waals surface area contributed by atoms with Gasteiger partial charge in [-0.1, -0.05) is 39.0 Å². The van der Waals surface area contributed by atoms with Crippen LogP contribution in [0.2, 0.25) is 0 Å². The second-order valence-electron chi connectivity index (χ2n) is 11.4. The number of hydrogen-bond donors (Lipinski definition) is 1. The van der Waals surface area contributed by atoms with Crippen LogP contribution in [0.1, 0.15) is 79.4 Å². The van der Waals surface area contributed by atoms with Crippen LogP contribution in [-0.2, 0) is 31.6 Å². The topological polar surface area (TPSA) is 104 Å². The summed E-state index contributed by atoms with van der Waals surface area (Å²) in [6, 6.07) is 9.20. The third-order valence-electron chi connectivity index (χ3n) is 7.87. The van der Waals surface area contributed by atoms with Gasteiger partial charge in [-0.2, -0.15) is 4.31 Å². The normalized spacial score (nSPS) is 21.5. The molecule has 3 amide bonds. The van der Waals surface area contributed by atoms with Crippen molar-refractivity contribution in [2.45, 2.75) is 75.3 Å². The van der Waals surface area contributed by atoms with E-state index in [9.17, 15) is 22.8 Å². The molecule has 2 fully saturated rings. The Morgan fingerprint density at radius 3 is 2.37 bits per heavy atom. The van der Waals surface area contributed by atoms with Gasteiger partial charge in [0.2, 0.25) is 21.8 Å².